The van der Waals surface area contributed by atoms with E-state index in [2.05, 4.69) is 35.9 Å². The molecule has 0 aliphatic rings. The highest BCUT2D eigenvalue weighted by Crippen LogP contribution is 2.15. The molecule has 0 aromatic carbocycles. The van der Waals surface area contributed by atoms with Crippen molar-refractivity contribution in [1.29, 1.82) is 0 Å². The highest BCUT2D eigenvalue weighted by Gasteiger charge is 2.06. The van der Waals surface area contributed by atoms with Gasteiger partial charge in [-0.15, -0.1) is 0 Å². The first-order valence-electron chi connectivity index (χ1n) is 5.94. The normalized spacial score (nSPS) is 11.2. The molecular weight excluding hydrogens is 236 g/mol. The van der Waals surface area contributed by atoms with E-state index in [0.717, 1.165) is 11.3 Å². The van der Waals surface area contributed by atoms with E-state index in [-0.39, 0.29) is 0 Å². The van der Waals surface area contributed by atoms with Crippen molar-refractivity contribution in [2.24, 2.45) is 0 Å². The van der Waals surface area contributed by atoms with Gasteiger partial charge in [-0.25, -0.2) is 0 Å². The molecule has 1 aromatic heterocycles. The molecule has 92 valence electrons. The molecule has 0 amide bonds. The summed E-state index contributed by atoms with van der Waals surface area (Å²) < 4.78 is 3.12. The number of imidazole rings is 1. The molecule has 1 heterocycles. The van der Waals surface area contributed by atoms with Gasteiger partial charge in [0.2, 0.25) is 0 Å². The zero-order valence-electron chi connectivity index (χ0n) is 10.5. The Bertz CT molecular complexity index is 352. The first-order chi connectivity index (χ1) is 7.66. The summed E-state index contributed by atoms with van der Waals surface area (Å²) in [6.07, 6.45) is 8.06. The van der Waals surface area contributed by atoms with Crippen LogP contribution in [-0.4, -0.2) is 21.6 Å². The van der Waals surface area contributed by atoms with Crippen LogP contribution in [0.25, 0.3) is 0 Å². The van der Waals surface area contributed by atoms with E-state index in [0.29, 0.717) is 5.92 Å². The molecule has 0 unspecified atom stereocenters. The summed E-state index contributed by atoms with van der Waals surface area (Å²) in [5.41, 5.74) is 1.33. The Kier molecular flexibility index (Phi) is 6.21. The minimum atomic E-state index is 0.541. The van der Waals surface area contributed by atoms with Gasteiger partial charge in [0.1, 0.15) is 0 Å². The zero-order chi connectivity index (χ0) is 12.0. The Morgan fingerprint density at radius 2 is 2.12 bits per heavy atom. The summed E-state index contributed by atoms with van der Waals surface area (Å²) in [7, 11) is 0. The van der Waals surface area contributed by atoms with Gasteiger partial charge in [0.05, 0.1) is 0 Å². The summed E-state index contributed by atoms with van der Waals surface area (Å²) >= 11 is 7.22. The van der Waals surface area contributed by atoms with Gasteiger partial charge < -0.3 is 9.55 Å². The van der Waals surface area contributed by atoms with Crippen molar-refractivity contribution in [3.05, 3.63) is 16.7 Å². The average Bonchev–Trinajstić information content (AvgIpc) is 2.60. The molecule has 4 heteroatoms. The average molecular weight is 258 g/mol. The van der Waals surface area contributed by atoms with Crippen molar-refractivity contribution >= 4 is 24.0 Å². The standard InChI is InChI=1S/C12H22N2S2/c1-10(2)11-9-13-12(15)14(11)7-5-4-6-8-16-3/h9-10H,4-8H2,1-3H3,(H,13,15). The van der Waals surface area contributed by atoms with Crippen LogP contribution >= 0.6 is 24.0 Å². The molecule has 16 heavy (non-hydrogen) atoms. The fourth-order valence-electron chi connectivity index (χ4n) is 1.81. The highest BCUT2D eigenvalue weighted by atomic mass is 32.2. The predicted molar refractivity (Wildman–Crippen MR) is 75.9 cm³/mol. The molecule has 0 atom stereocenters. The van der Waals surface area contributed by atoms with Crippen LogP contribution in [0.3, 0.4) is 0 Å². The molecule has 1 N–H and O–H groups in total. The monoisotopic (exact) mass is 258 g/mol. The van der Waals surface area contributed by atoms with Crippen molar-refractivity contribution in [1.82, 2.24) is 9.55 Å². The van der Waals surface area contributed by atoms with E-state index < -0.39 is 0 Å². The first-order valence-corrected chi connectivity index (χ1v) is 7.74. The summed E-state index contributed by atoms with van der Waals surface area (Å²) in [4.78, 5) is 3.14. The van der Waals surface area contributed by atoms with Crippen LogP contribution in [0.15, 0.2) is 6.20 Å². The summed E-state index contributed by atoms with van der Waals surface area (Å²) in [5.74, 6) is 1.81. The number of hydrogen-bond donors (Lipinski definition) is 1. The van der Waals surface area contributed by atoms with Crippen molar-refractivity contribution < 1.29 is 0 Å². The Labute approximate surface area is 108 Å². The fraction of sp³-hybridized carbons (Fsp3) is 0.750. The Morgan fingerprint density at radius 1 is 1.38 bits per heavy atom. The minimum absolute atomic E-state index is 0.541. The van der Waals surface area contributed by atoms with Gasteiger partial charge in [0.15, 0.2) is 4.77 Å². The van der Waals surface area contributed by atoms with Crippen LogP contribution in [0, 0.1) is 4.77 Å². The molecule has 0 radical (unpaired) electrons. The van der Waals surface area contributed by atoms with Crippen molar-refractivity contribution in [3.8, 4) is 0 Å². The number of hydrogen-bond acceptors (Lipinski definition) is 2. The smallest absolute Gasteiger partial charge is 0.177 e. The third-order valence-electron chi connectivity index (χ3n) is 2.72. The fourth-order valence-corrected chi connectivity index (χ4v) is 2.56. The van der Waals surface area contributed by atoms with Crippen molar-refractivity contribution in [2.75, 3.05) is 12.0 Å². The lowest BCUT2D eigenvalue weighted by Gasteiger charge is -2.10. The second-order valence-corrected chi connectivity index (χ2v) is 5.75. The third-order valence-corrected chi connectivity index (χ3v) is 3.76. The van der Waals surface area contributed by atoms with Crippen LogP contribution in [0.1, 0.15) is 44.7 Å². The van der Waals surface area contributed by atoms with Gasteiger partial charge >= 0.3 is 0 Å². The lowest BCUT2D eigenvalue weighted by Crippen LogP contribution is -2.04. The second kappa shape index (κ2) is 7.17. The second-order valence-electron chi connectivity index (χ2n) is 4.38. The number of aromatic nitrogens is 2. The Balaban J connectivity index is 2.46. The van der Waals surface area contributed by atoms with Gasteiger partial charge in [0, 0.05) is 18.4 Å². The number of unbranched alkanes of at least 4 members (excludes halogenated alkanes) is 2. The van der Waals surface area contributed by atoms with E-state index >= 15 is 0 Å². The van der Waals surface area contributed by atoms with Gasteiger partial charge in [-0.3, -0.25) is 0 Å². The lowest BCUT2D eigenvalue weighted by atomic mass is 10.1. The van der Waals surface area contributed by atoms with E-state index in [4.69, 9.17) is 12.2 Å². The Hall–Kier alpha value is -0.220. The van der Waals surface area contributed by atoms with Gasteiger partial charge in [0.25, 0.3) is 0 Å². The first kappa shape index (κ1) is 13.8. The van der Waals surface area contributed by atoms with E-state index in [1.165, 1.54) is 30.7 Å². The maximum atomic E-state index is 5.30. The van der Waals surface area contributed by atoms with Gasteiger partial charge in [-0.1, -0.05) is 20.3 Å². The molecule has 0 saturated carbocycles. The highest BCUT2D eigenvalue weighted by molar-refractivity contribution is 7.98. The van der Waals surface area contributed by atoms with Crippen LogP contribution in [-0.2, 0) is 6.54 Å². The van der Waals surface area contributed by atoms with Gasteiger partial charge in [-0.2, -0.15) is 11.8 Å². The summed E-state index contributed by atoms with van der Waals surface area (Å²) in [5, 5.41) is 0. The number of nitrogens with zero attached hydrogens (tertiary/aromatic N) is 1. The third kappa shape index (κ3) is 3.98. The van der Waals surface area contributed by atoms with E-state index in [1.54, 1.807) is 0 Å². The van der Waals surface area contributed by atoms with Crippen LogP contribution in [0.5, 0.6) is 0 Å². The lowest BCUT2D eigenvalue weighted by molar-refractivity contribution is 0.568. The van der Waals surface area contributed by atoms with Crippen LogP contribution in [0.4, 0.5) is 0 Å². The molecular formula is C12H22N2S2. The molecule has 0 fully saturated rings. The number of aromatic amines is 1. The quantitative estimate of drug-likeness (QED) is 0.584. The summed E-state index contributed by atoms with van der Waals surface area (Å²) in [6.45, 7) is 5.48. The molecule has 0 spiro atoms. The SMILES string of the molecule is CSCCCCCn1c(C(C)C)c[nH]c1=S. The Morgan fingerprint density at radius 3 is 2.75 bits per heavy atom. The molecule has 0 aliphatic heterocycles. The number of nitrogens with one attached hydrogen (secondary N) is 1. The van der Waals surface area contributed by atoms with Crippen molar-refractivity contribution in [2.45, 2.75) is 45.6 Å². The number of thioether (sulfide) groups is 1. The molecule has 2 nitrogen and oxygen atoms in total. The molecule has 0 bridgehead atoms. The van der Waals surface area contributed by atoms with Crippen LogP contribution < -0.4 is 0 Å². The van der Waals surface area contributed by atoms with Crippen molar-refractivity contribution in [3.63, 3.8) is 0 Å². The van der Waals surface area contributed by atoms with Gasteiger partial charge in [-0.05, 0) is 43.0 Å². The van der Waals surface area contributed by atoms with E-state index in [1.807, 2.05) is 11.8 Å². The molecule has 1 rings (SSSR count). The summed E-state index contributed by atoms with van der Waals surface area (Å²) in [6, 6.07) is 0. The number of rotatable bonds is 7. The minimum Gasteiger partial charge on any atom is -0.337 e. The molecule has 0 saturated heterocycles. The predicted octanol–water partition coefficient (Wildman–Crippen LogP) is 4.20. The maximum absolute atomic E-state index is 5.30. The zero-order valence-corrected chi connectivity index (χ0v) is 12.1. The maximum Gasteiger partial charge on any atom is 0.177 e. The molecule has 0 aliphatic carbocycles. The van der Waals surface area contributed by atoms with E-state index in [9.17, 15) is 0 Å². The largest absolute Gasteiger partial charge is 0.337 e. The van der Waals surface area contributed by atoms with Crippen LogP contribution in [0.2, 0.25) is 0 Å². The topological polar surface area (TPSA) is 20.7 Å². The number of H-pyrrole nitrogens is 1. The molecule has 1 aromatic rings.